The smallest absolute Gasteiger partial charge is 0.261 e. The van der Waals surface area contributed by atoms with Crippen LogP contribution in [-0.2, 0) is 18.0 Å². The molecule has 0 aliphatic carbocycles. The van der Waals surface area contributed by atoms with E-state index in [1.54, 1.807) is 0 Å². The summed E-state index contributed by atoms with van der Waals surface area (Å²) in [6, 6.07) is 21.3. The number of aliphatic hydroxyl groups is 1. The van der Waals surface area contributed by atoms with Gasteiger partial charge in [-0.2, -0.15) is 0 Å². The van der Waals surface area contributed by atoms with Crippen LogP contribution in [0.5, 0.6) is 0 Å². The number of hydrogen-bond acceptors (Lipinski definition) is 5. The van der Waals surface area contributed by atoms with Crippen LogP contribution >= 0.6 is 0 Å². The molecule has 1 aliphatic rings. The van der Waals surface area contributed by atoms with Gasteiger partial charge in [0.25, 0.3) is 8.32 Å². The standard InChI is InChI=1S/C34H58O5Si3/c1-32(2,3)40(10,11)38-28-24-30(35)37-29(31(28)39-41(12,13)33(4,5)6)25-36-42(34(7,8)9,26-20-16-14-17-21-26)27-22-18-15-19-23-27/h14-23,28-31,35H,24-25H2,1-13H3/t28-,29-,30?,31-/m1/s1. The zero-order valence-corrected chi connectivity index (χ0v) is 31.6. The summed E-state index contributed by atoms with van der Waals surface area (Å²) in [6.07, 6.45) is -1.65. The van der Waals surface area contributed by atoms with Crippen molar-refractivity contribution in [2.45, 2.75) is 135 Å². The molecule has 0 spiro atoms. The van der Waals surface area contributed by atoms with Gasteiger partial charge in [0.2, 0.25) is 0 Å². The van der Waals surface area contributed by atoms with Crippen LogP contribution in [0.25, 0.3) is 0 Å². The van der Waals surface area contributed by atoms with E-state index in [-0.39, 0.29) is 27.3 Å². The van der Waals surface area contributed by atoms with Crippen molar-refractivity contribution in [3.8, 4) is 0 Å². The second-order valence-corrected chi connectivity index (χ2v) is 29.9. The molecule has 2 aromatic carbocycles. The largest absolute Gasteiger partial charge is 0.411 e. The summed E-state index contributed by atoms with van der Waals surface area (Å²) < 4.78 is 27.9. The van der Waals surface area contributed by atoms with E-state index in [2.05, 4.69) is 149 Å². The van der Waals surface area contributed by atoms with Crippen molar-refractivity contribution in [3.63, 3.8) is 0 Å². The highest BCUT2D eigenvalue weighted by atomic mass is 28.4. The van der Waals surface area contributed by atoms with Gasteiger partial charge >= 0.3 is 0 Å². The number of benzene rings is 2. The fraction of sp³-hybridized carbons (Fsp3) is 0.647. The number of rotatable bonds is 9. The number of ether oxygens (including phenoxy) is 1. The van der Waals surface area contributed by atoms with Crippen molar-refractivity contribution < 1.29 is 23.1 Å². The lowest BCUT2D eigenvalue weighted by molar-refractivity contribution is -0.232. The molecule has 1 N–H and O–H groups in total. The Morgan fingerprint density at radius 2 is 1.12 bits per heavy atom. The molecule has 1 fully saturated rings. The quantitative estimate of drug-likeness (QED) is 0.292. The molecule has 1 heterocycles. The van der Waals surface area contributed by atoms with E-state index in [0.29, 0.717) is 13.0 Å². The zero-order valence-electron chi connectivity index (χ0n) is 28.6. The molecule has 1 saturated heterocycles. The average Bonchev–Trinajstić information content (AvgIpc) is 2.85. The normalized spacial score (nSPS) is 23.2. The first kappa shape index (κ1) is 35.4. The third-order valence-electron chi connectivity index (χ3n) is 9.87. The molecule has 1 aliphatic heterocycles. The Hall–Kier alpha value is -1.11. The van der Waals surface area contributed by atoms with Crippen molar-refractivity contribution in [2.24, 2.45) is 0 Å². The monoisotopic (exact) mass is 630 g/mol. The van der Waals surface area contributed by atoms with E-state index >= 15 is 0 Å². The molecule has 3 rings (SSSR count). The third-order valence-corrected chi connectivity index (χ3v) is 23.9. The molecule has 42 heavy (non-hydrogen) atoms. The van der Waals surface area contributed by atoms with Gasteiger partial charge in [-0.05, 0) is 51.7 Å². The maximum Gasteiger partial charge on any atom is 0.261 e. The lowest BCUT2D eigenvalue weighted by atomic mass is 10.0. The van der Waals surface area contributed by atoms with Gasteiger partial charge in [-0.25, -0.2) is 0 Å². The van der Waals surface area contributed by atoms with Crippen molar-refractivity contribution in [1.82, 2.24) is 0 Å². The fourth-order valence-corrected chi connectivity index (χ4v) is 12.6. The first-order chi connectivity index (χ1) is 19.1. The van der Waals surface area contributed by atoms with Crippen molar-refractivity contribution >= 4 is 35.3 Å². The van der Waals surface area contributed by atoms with Crippen LogP contribution in [-0.4, -0.2) is 61.3 Å². The molecule has 0 aromatic heterocycles. The molecular weight excluding hydrogens is 573 g/mol. The van der Waals surface area contributed by atoms with Gasteiger partial charge in [0, 0.05) is 6.42 Å². The molecule has 0 bridgehead atoms. The lowest BCUT2D eigenvalue weighted by Crippen LogP contribution is -2.68. The second-order valence-electron chi connectivity index (χ2n) is 16.1. The Bertz CT molecular complexity index is 1090. The van der Waals surface area contributed by atoms with Gasteiger partial charge in [0.15, 0.2) is 22.9 Å². The molecule has 2 aromatic rings. The average molecular weight is 631 g/mol. The van der Waals surface area contributed by atoms with Crippen molar-refractivity contribution in [1.29, 1.82) is 0 Å². The molecule has 8 heteroatoms. The Morgan fingerprint density at radius 3 is 1.52 bits per heavy atom. The highest BCUT2D eigenvalue weighted by molar-refractivity contribution is 6.99. The van der Waals surface area contributed by atoms with Crippen LogP contribution in [0.15, 0.2) is 60.7 Å². The summed E-state index contributed by atoms with van der Waals surface area (Å²) in [5, 5.41) is 13.4. The summed E-state index contributed by atoms with van der Waals surface area (Å²) in [4.78, 5) is 0. The van der Waals surface area contributed by atoms with Crippen molar-refractivity contribution in [2.75, 3.05) is 6.61 Å². The summed E-state index contributed by atoms with van der Waals surface area (Å²) in [7, 11) is -7.22. The molecule has 0 saturated carbocycles. The maximum absolute atomic E-state index is 11.1. The van der Waals surface area contributed by atoms with Gasteiger partial charge in [-0.15, -0.1) is 0 Å². The van der Waals surface area contributed by atoms with Crippen LogP contribution in [0.1, 0.15) is 68.7 Å². The molecule has 5 nitrogen and oxygen atoms in total. The Kier molecular flexibility index (Phi) is 10.7. The summed E-state index contributed by atoms with van der Waals surface area (Å²) in [5.74, 6) is 0. The van der Waals surface area contributed by atoms with Crippen molar-refractivity contribution in [3.05, 3.63) is 60.7 Å². The Morgan fingerprint density at radius 1 is 0.690 bits per heavy atom. The van der Waals surface area contributed by atoms with Crippen LogP contribution in [0.2, 0.25) is 41.3 Å². The van der Waals surface area contributed by atoms with Crippen LogP contribution in [0.3, 0.4) is 0 Å². The van der Waals surface area contributed by atoms with E-state index in [4.69, 9.17) is 18.0 Å². The van der Waals surface area contributed by atoms with E-state index in [9.17, 15) is 5.11 Å². The first-order valence-corrected chi connectivity index (χ1v) is 23.3. The Balaban J connectivity index is 2.10. The minimum absolute atomic E-state index is 0.00793. The topological polar surface area (TPSA) is 57.2 Å². The van der Waals surface area contributed by atoms with Crippen LogP contribution in [0, 0.1) is 0 Å². The SMILES string of the molecule is CC(C)(C)[Si](C)(C)O[C@H]1[C@@H](CO[Si](c2ccccc2)(c2ccccc2)C(C)(C)C)OC(O)C[C@H]1O[Si](C)(C)C(C)(C)C. The number of hydrogen-bond donors (Lipinski definition) is 1. The molecule has 0 amide bonds. The summed E-state index contributed by atoms with van der Waals surface area (Å²) >= 11 is 0. The molecular formula is C34H58O5Si3. The van der Waals surface area contributed by atoms with Gasteiger partial charge in [0.05, 0.1) is 18.8 Å². The first-order valence-electron chi connectivity index (χ1n) is 15.6. The van der Waals surface area contributed by atoms with Gasteiger partial charge in [0.1, 0.15) is 6.10 Å². The summed E-state index contributed by atoms with van der Waals surface area (Å²) in [6.45, 7) is 29.8. The van der Waals surface area contributed by atoms with Gasteiger partial charge in [-0.3, -0.25) is 0 Å². The van der Waals surface area contributed by atoms with Gasteiger partial charge in [-0.1, -0.05) is 123 Å². The zero-order chi connectivity index (χ0) is 31.8. The highest BCUT2D eigenvalue weighted by Crippen LogP contribution is 2.43. The van der Waals surface area contributed by atoms with E-state index < -0.39 is 37.3 Å². The molecule has 0 radical (unpaired) electrons. The van der Waals surface area contributed by atoms with Crippen LogP contribution < -0.4 is 10.4 Å². The van der Waals surface area contributed by atoms with E-state index in [1.165, 1.54) is 10.4 Å². The maximum atomic E-state index is 11.1. The highest BCUT2D eigenvalue weighted by Gasteiger charge is 2.53. The third kappa shape index (κ3) is 7.57. The predicted molar refractivity (Wildman–Crippen MR) is 183 cm³/mol. The minimum Gasteiger partial charge on any atom is -0.411 e. The minimum atomic E-state index is -2.82. The molecule has 236 valence electrons. The van der Waals surface area contributed by atoms with Gasteiger partial charge < -0.3 is 23.1 Å². The van der Waals surface area contributed by atoms with E-state index in [0.717, 1.165) is 0 Å². The molecule has 4 atom stereocenters. The van der Waals surface area contributed by atoms with E-state index in [1.807, 2.05) is 0 Å². The fourth-order valence-electron chi connectivity index (χ4n) is 5.35. The summed E-state index contributed by atoms with van der Waals surface area (Å²) in [5.41, 5.74) is 0. The lowest BCUT2D eigenvalue weighted by Gasteiger charge is -2.50. The van der Waals surface area contributed by atoms with Crippen LogP contribution in [0.4, 0.5) is 0 Å². The molecule has 1 unspecified atom stereocenters. The second kappa shape index (κ2) is 12.7. The number of aliphatic hydroxyl groups excluding tert-OH is 1. The Labute approximate surface area is 259 Å². The predicted octanol–water partition coefficient (Wildman–Crippen LogP) is 7.45.